The quantitative estimate of drug-likeness (QED) is 0.814. The molecule has 5 heteroatoms. The van der Waals surface area contributed by atoms with Gasteiger partial charge in [0.1, 0.15) is 0 Å². The van der Waals surface area contributed by atoms with E-state index in [-0.39, 0.29) is 6.03 Å². The maximum Gasteiger partial charge on any atom is 0.317 e. The lowest BCUT2D eigenvalue weighted by atomic mass is 10.0. The summed E-state index contributed by atoms with van der Waals surface area (Å²) in [7, 11) is 2.17. The third-order valence-corrected chi connectivity index (χ3v) is 5.78. The van der Waals surface area contributed by atoms with Gasteiger partial charge in [-0.05, 0) is 70.9 Å². The van der Waals surface area contributed by atoms with Crippen LogP contribution in [0.3, 0.4) is 0 Å². The fourth-order valence-corrected chi connectivity index (χ4v) is 4.08. The smallest absolute Gasteiger partial charge is 0.317 e. The summed E-state index contributed by atoms with van der Waals surface area (Å²) in [5, 5.41) is 3.19. The molecule has 2 fully saturated rings. The summed E-state index contributed by atoms with van der Waals surface area (Å²) < 4.78 is 0. The standard InChI is InChI=1S/C21H34N4O/c1-23-15-10-20(11-16-23)25(17-9-19-7-3-2-4-8-19)21(26)22-12-18-24-13-5-6-14-24/h2-4,7-8,20H,5-6,9-18H2,1H3,(H,22,26). The zero-order valence-corrected chi connectivity index (χ0v) is 16.2. The van der Waals surface area contributed by atoms with E-state index in [4.69, 9.17) is 0 Å². The Bertz CT molecular complexity index is 536. The summed E-state index contributed by atoms with van der Waals surface area (Å²) in [6.45, 7) is 7.05. The van der Waals surface area contributed by atoms with Gasteiger partial charge in [0, 0.05) is 25.7 Å². The number of rotatable bonds is 7. The molecule has 0 radical (unpaired) electrons. The van der Waals surface area contributed by atoms with Crippen molar-refractivity contribution in [2.24, 2.45) is 0 Å². The van der Waals surface area contributed by atoms with Crippen molar-refractivity contribution < 1.29 is 4.79 Å². The first-order chi connectivity index (χ1) is 12.7. The van der Waals surface area contributed by atoms with Crippen molar-refractivity contribution in [1.82, 2.24) is 20.0 Å². The van der Waals surface area contributed by atoms with Gasteiger partial charge in [-0.15, -0.1) is 0 Å². The van der Waals surface area contributed by atoms with Gasteiger partial charge in [-0.3, -0.25) is 0 Å². The molecule has 1 aromatic carbocycles. The largest absolute Gasteiger partial charge is 0.337 e. The van der Waals surface area contributed by atoms with E-state index in [0.29, 0.717) is 6.04 Å². The lowest BCUT2D eigenvalue weighted by Crippen LogP contribution is -2.51. The molecule has 144 valence electrons. The Labute approximate surface area is 158 Å². The maximum atomic E-state index is 12.9. The number of hydrogen-bond donors (Lipinski definition) is 1. The van der Waals surface area contributed by atoms with Crippen LogP contribution in [0.5, 0.6) is 0 Å². The highest BCUT2D eigenvalue weighted by Gasteiger charge is 2.26. The SMILES string of the molecule is CN1CCC(N(CCc2ccccc2)C(=O)NCCN2CCCC2)CC1. The van der Waals surface area contributed by atoms with Crippen molar-refractivity contribution in [3.63, 3.8) is 0 Å². The summed E-state index contributed by atoms with van der Waals surface area (Å²) in [5.41, 5.74) is 1.30. The fraction of sp³-hybridized carbons (Fsp3) is 0.667. The molecule has 1 N–H and O–H groups in total. The van der Waals surface area contributed by atoms with Gasteiger partial charge in [-0.1, -0.05) is 30.3 Å². The molecule has 0 aromatic heterocycles. The van der Waals surface area contributed by atoms with Crippen LogP contribution in [-0.2, 0) is 6.42 Å². The van der Waals surface area contributed by atoms with Crippen LogP contribution in [0.15, 0.2) is 30.3 Å². The van der Waals surface area contributed by atoms with Crippen LogP contribution in [0.25, 0.3) is 0 Å². The molecule has 1 aromatic rings. The second-order valence-electron chi connectivity index (χ2n) is 7.74. The van der Waals surface area contributed by atoms with Gasteiger partial charge in [-0.25, -0.2) is 4.79 Å². The molecule has 2 aliphatic rings. The minimum atomic E-state index is 0.120. The highest BCUT2D eigenvalue weighted by atomic mass is 16.2. The van der Waals surface area contributed by atoms with E-state index in [1.807, 2.05) is 6.07 Å². The Balaban J connectivity index is 1.53. The lowest BCUT2D eigenvalue weighted by molar-refractivity contribution is 0.131. The minimum absolute atomic E-state index is 0.120. The zero-order valence-electron chi connectivity index (χ0n) is 16.2. The van der Waals surface area contributed by atoms with Gasteiger partial charge >= 0.3 is 6.03 Å². The van der Waals surface area contributed by atoms with Crippen LogP contribution >= 0.6 is 0 Å². The molecule has 2 amide bonds. The van der Waals surface area contributed by atoms with Crippen molar-refractivity contribution >= 4 is 6.03 Å². The molecule has 0 spiro atoms. The van der Waals surface area contributed by atoms with Crippen molar-refractivity contribution in [2.45, 2.75) is 38.1 Å². The maximum absolute atomic E-state index is 12.9. The molecule has 0 aliphatic carbocycles. The third kappa shape index (κ3) is 5.71. The van der Waals surface area contributed by atoms with Crippen LogP contribution in [0.2, 0.25) is 0 Å². The molecule has 0 bridgehead atoms. The number of nitrogens with one attached hydrogen (secondary N) is 1. The first-order valence-electron chi connectivity index (χ1n) is 10.2. The van der Waals surface area contributed by atoms with Gasteiger partial charge in [0.25, 0.3) is 0 Å². The van der Waals surface area contributed by atoms with E-state index in [1.165, 1.54) is 31.5 Å². The van der Waals surface area contributed by atoms with E-state index in [1.54, 1.807) is 0 Å². The summed E-state index contributed by atoms with van der Waals surface area (Å²) in [4.78, 5) is 19.8. The monoisotopic (exact) mass is 358 g/mol. The number of carbonyl (C=O) groups is 1. The van der Waals surface area contributed by atoms with Gasteiger partial charge < -0.3 is 20.0 Å². The number of hydrogen-bond acceptors (Lipinski definition) is 3. The summed E-state index contributed by atoms with van der Waals surface area (Å²) in [6, 6.07) is 11.0. The van der Waals surface area contributed by atoms with E-state index in [9.17, 15) is 4.79 Å². The molecule has 2 saturated heterocycles. The summed E-state index contributed by atoms with van der Waals surface area (Å²) >= 11 is 0. The Hall–Kier alpha value is -1.59. The first kappa shape index (κ1) is 19.2. The number of benzene rings is 1. The molecule has 0 unspecified atom stereocenters. The first-order valence-corrected chi connectivity index (χ1v) is 10.2. The number of piperidine rings is 1. The molecular formula is C21H34N4O. The Morgan fingerprint density at radius 1 is 1.12 bits per heavy atom. The average molecular weight is 359 g/mol. The molecule has 0 saturated carbocycles. The molecule has 2 heterocycles. The lowest BCUT2D eigenvalue weighted by Gasteiger charge is -2.37. The highest BCUT2D eigenvalue weighted by Crippen LogP contribution is 2.17. The van der Waals surface area contributed by atoms with Crippen molar-refractivity contribution in [2.75, 3.05) is 52.9 Å². The zero-order chi connectivity index (χ0) is 18.2. The fourth-order valence-electron chi connectivity index (χ4n) is 4.08. The molecule has 26 heavy (non-hydrogen) atoms. The highest BCUT2D eigenvalue weighted by molar-refractivity contribution is 5.74. The predicted octanol–water partition coefficient (Wildman–Crippen LogP) is 2.43. The number of urea groups is 1. The van der Waals surface area contributed by atoms with Crippen LogP contribution < -0.4 is 5.32 Å². The second kappa shape index (κ2) is 9.93. The normalized spacial score (nSPS) is 19.6. The molecule has 3 rings (SSSR count). The van der Waals surface area contributed by atoms with Gasteiger partial charge in [0.15, 0.2) is 0 Å². The Kier molecular flexibility index (Phi) is 7.32. The van der Waals surface area contributed by atoms with Gasteiger partial charge in [0.05, 0.1) is 0 Å². The van der Waals surface area contributed by atoms with E-state index in [2.05, 4.69) is 51.3 Å². The van der Waals surface area contributed by atoms with Crippen LogP contribution in [0.4, 0.5) is 4.79 Å². The van der Waals surface area contributed by atoms with E-state index in [0.717, 1.165) is 52.0 Å². The topological polar surface area (TPSA) is 38.8 Å². The minimum Gasteiger partial charge on any atom is -0.337 e. The Morgan fingerprint density at radius 2 is 1.81 bits per heavy atom. The Morgan fingerprint density at radius 3 is 2.50 bits per heavy atom. The van der Waals surface area contributed by atoms with E-state index >= 15 is 0 Å². The van der Waals surface area contributed by atoms with Crippen molar-refractivity contribution in [3.05, 3.63) is 35.9 Å². The number of nitrogens with zero attached hydrogens (tertiary/aromatic N) is 3. The molecule has 5 nitrogen and oxygen atoms in total. The molecule has 2 aliphatic heterocycles. The molecule has 0 atom stereocenters. The number of carbonyl (C=O) groups excluding carboxylic acids is 1. The average Bonchev–Trinajstić information content (AvgIpc) is 3.18. The van der Waals surface area contributed by atoms with Crippen molar-refractivity contribution in [3.8, 4) is 0 Å². The van der Waals surface area contributed by atoms with Gasteiger partial charge in [0.2, 0.25) is 0 Å². The summed E-state index contributed by atoms with van der Waals surface area (Å²) in [5.74, 6) is 0. The van der Waals surface area contributed by atoms with Crippen LogP contribution in [0, 0.1) is 0 Å². The molecular weight excluding hydrogens is 324 g/mol. The number of likely N-dealkylation sites (tertiary alicyclic amines) is 2. The van der Waals surface area contributed by atoms with Crippen LogP contribution in [0.1, 0.15) is 31.2 Å². The van der Waals surface area contributed by atoms with Crippen LogP contribution in [-0.4, -0.2) is 79.6 Å². The van der Waals surface area contributed by atoms with Crippen molar-refractivity contribution in [1.29, 1.82) is 0 Å². The second-order valence-corrected chi connectivity index (χ2v) is 7.74. The van der Waals surface area contributed by atoms with E-state index < -0.39 is 0 Å². The predicted molar refractivity (Wildman–Crippen MR) is 106 cm³/mol. The third-order valence-electron chi connectivity index (χ3n) is 5.78. The summed E-state index contributed by atoms with van der Waals surface area (Å²) in [6.07, 6.45) is 5.67. The number of amides is 2. The van der Waals surface area contributed by atoms with Gasteiger partial charge in [-0.2, -0.15) is 0 Å².